The van der Waals surface area contributed by atoms with Gasteiger partial charge in [0.25, 0.3) is 11.8 Å². The lowest BCUT2D eigenvalue weighted by molar-refractivity contribution is -0.119. The summed E-state index contributed by atoms with van der Waals surface area (Å²) < 4.78 is 5.77. The van der Waals surface area contributed by atoms with E-state index >= 15 is 0 Å². The molecule has 7 heteroatoms. The van der Waals surface area contributed by atoms with E-state index in [1.807, 2.05) is 78.9 Å². The standard InChI is InChI=1S/C27H20ClN3O3/c28-21-7-1-4-19(14-21)17-34-22-12-10-18(11-13-22)15-29-30-25(32)16-31-24-9-3-6-20-5-2-8-23(26(20)24)27(31)33/h1-15H,16-17H2,(H,30,32)/b29-15+. The summed E-state index contributed by atoms with van der Waals surface area (Å²) in [7, 11) is 0. The van der Waals surface area contributed by atoms with Gasteiger partial charge in [0.05, 0.1) is 11.9 Å². The van der Waals surface area contributed by atoms with Crippen molar-refractivity contribution >= 4 is 46.1 Å². The van der Waals surface area contributed by atoms with Gasteiger partial charge in [-0.25, -0.2) is 5.43 Å². The van der Waals surface area contributed by atoms with Crippen molar-refractivity contribution in [3.05, 3.63) is 107 Å². The Morgan fingerprint density at radius 2 is 1.76 bits per heavy atom. The Bertz CT molecular complexity index is 1410. The Balaban J connectivity index is 1.16. The molecule has 0 atom stereocenters. The third-order valence-corrected chi connectivity index (χ3v) is 5.76. The molecule has 4 aromatic rings. The number of carbonyl (C=O) groups excluding carboxylic acids is 2. The normalized spacial score (nSPS) is 12.5. The third kappa shape index (κ3) is 4.49. The molecule has 1 heterocycles. The van der Waals surface area contributed by atoms with Crippen LogP contribution in [0.3, 0.4) is 0 Å². The first kappa shape index (κ1) is 21.7. The summed E-state index contributed by atoms with van der Waals surface area (Å²) >= 11 is 5.99. The molecule has 0 unspecified atom stereocenters. The van der Waals surface area contributed by atoms with Crippen LogP contribution in [0.4, 0.5) is 5.69 Å². The van der Waals surface area contributed by atoms with Crippen LogP contribution in [0.1, 0.15) is 21.5 Å². The molecule has 0 radical (unpaired) electrons. The number of anilines is 1. The molecule has 0 aliphatic carbocycles. The van der Waals surface area contributed by atoms with Crippen LogP contribution in [-0.2, 0) is 11.4 Å². The van der Waals surface area contributed by atoms with Gasteiger partial charge in [0.1, 0.15) is 18.9 Å². The highest BCUT2D eigenvalue weighted by Crippen LogP contribution is 2.36. The highest BCUT2D eigenvalue weighted by atomic mass is 35.5. The lowest BCUT2D eigenvalue weighted by Crippen LogP contribution is -2.37. The summed E-state index contributed by atoms with van der Waals surface area (Å²) in [6.07, 6.45) is 1.54. The Morgan fingerprint density at radius 3 is 2.56 bits per heavy atom. The molecular formula is C27H20ClN3O3. The van der Waals surface area contributed by atoms with Crippen LogP contribution in [-0.4, -0.2) is 24.6 Å². The zero-order chi connectivity index (χ0) is 23.5. The average molecular weight is 470 g/mol. The number of carbonyl (C=O) groups is 2. The summed E-state index contributed by atoms with van der Waals surface area (Å²) in [5.74, 6) is 0.151. The molecule has 0 aromatic heterocycles. The van der Waals surface area contributed by atoms with E-state index in [4.69, 9.17) is 16.3 Å². The zero-order valence-electron chi connectivity index (χ0n) is 18.1. The molecule has 1 aliphatic rings. The van der Waals surface area contributed by atoms with Gasteiger partial charge in [-0.2, -0.15) is 5.10 Å². The predicted molar refractivity (Wildman–Crippen MR) is 134 cm³/mol. The van der Waals surface area contributed by atoms with Crippen LogP contribution in [0.2, 0.25) is 5.02 Å². The van der Waals surface area contributed by atoms with Gasteiger partial charge >= 0.3 is 0 Å². The largest absolute Gasteiger partial charge is 0.489 e. The zero-order valence-corrected chi connectivity index (χ0v) is 18.8. The van der Waals surface area contributed by atoms with E-state index in [0.717, 1.165) is 27.6 Å². The first-order valence-electron chi connectivity index (χ1n) is 10.7. The third-order valence-electron chi connectivity index (χ3n) is 5.53. The van der Waals surface area contributed by atoms with Crippen LogP contribution in [0.15, 0.2) is 90.0 Å². The highest BCUT2D eigenvalue weighted by molar-refractivity contribution is 6.30. The maximum Gasteiger partial charge on any atom is 0.260 e. The number of rotatable bonds is 7. The Hall–Kier alpha value is -4.16. The van der Waals surface area contributed by atoms with Gasteiger partial charge in [0.15, 0.2) is 0 Å². The summed E-state index contributed by atoms with van der Waals surface area (Å²) in [4.78, 5) is 26.7. The molecule has 0 fully saturated rings. The summed E-state index contributed by atoms with van der Waals surface area (Å²) in [6.45, 7) is 0.303. The molecule has 1 N–H and O–H groups in total. The number of ether oxygens (including phenoxy) is 1. The van der Waals surface area contributed by atoms with E-state index in [0.29, 0.717) is 22.9 Å². The van der Waals surface area contributed by atoms with Crippen molar-refractivity contribution < 1.29 is 14.3 Å². The van der Waals surface area contributed by atoms with Crippen molar-refractivity contribution in [2.24, 2.45) is 5.10 Å². The number of hydrogen-bond donors (Lipinski definition) is 1. The van der Waals surface area contributed by atoms with Crippen molar-refractivity contribution in [2.45, 2.75) is 6.61 Å². The first-order valence-corrected chi connectivity index (χ1v) is 11.1. The van der Waals surface area contributed by atoms with Gasteiger partial charge in [-0.3, -0.25) is 14.5 Å². The second kappa shape index (κ2) is 9.37. The molecule has 6 nitrogen and oxygen atoms in total. The van der Waals surface area contributed by atoms with Crippen LogP contribution in [0.25, 0.3) is 10.8 Å². The molecule has 0 bridgehead atoms. The minimum Gasteiger partial charge on any atom is -0.489 e. The van der Waals surface area contributed by atoms with Crippen LogP contribution in [0.5, 0.6) is 5.75 Å². The summed E-state index contributed by atoms with van der Waals surface area (Å²) in [5.41, 5.74) is 5.63. The van der Waals surface area contributed by atoms with Crippen molar-refractivity contribution in [3.63, 3.8) is 0 Å². The van der Waals surface area contributed by atoms with E-state index in [1.54, 1.807) is 12.3 Å². The lowest BCUT2D eigenvalue weighted by atomic mass is 10.1. The van der Waals surface area contributed by atoms with Gasteiger partial charge in [-0.05, 0) is 65.0 Å². The lowest BCUT2D eigenvalue weighted by Gasteiger charge is -2.16. The van der Waals surface area contributed by atoms with Crippen molar-refractivity contribution in [1.82, 2.24) is 5.43 Å². The average Bonchev–Trinajstić information content (AvgIpc) is 3.12. The van der Waals surface area contributed by atoms with Crippen molar-refractivity contribution in [3.8, 4) is 5.75 Å². The van der Waals surface area contributed by atoms with Gasteiger partial charge in [0, 0.05) is 16.0 Å². The predicted octanol–water partition coefficient (Wildman–Crippen LogP) is 5.18. The van der Waals surface area contributed by atoms with E-state index in [9.17, 15) is 9.59 Å². The number of hydrogen-bond acceptors (Lipinski definition) is 4. The molecule has 34 heavy (non-hydrogen) atoms. The molecular weight excluding hydrogens is 450 g/mol. The first-order chi connectivity index (χ1) is 16.6. The van der Waals surface area contributed by atoms with Crippen LogP contribution >= 0.6 is 11.6 Å². The fourth-order valence-corrected chi connectivity index (χ4v) is 4.15. The summed E-state index contributed by atoms with van der Waals surface area (Å²) in [5, 5.41) is 6.55. The monoisotopic (exact) mass is 469 g/mol. The number of halogens is 1. The second-order valence-electron chi connectivity index (χ2n) is 7.85. The fourth-order valence-electron chi connectivity index (χ4n) is 3.94. The minimum absolute atomic E-state index is 0.111. The number of benzene rings is 4. The molecule has 0 saturated heterocycles. The summed E-state index contributed by atoms with van der Waals surface area (Å²) in [6, 6.07) is 26.1. The molecule has 0 saturated carbocycles. The SMILES string of the molecule is O=C(CN1C(=O)c2cccc3cccc1c23)N/N=C/c1ccc(OCc2cccc(Cl)c2)cc1. The van der Waals surface area contributed by atoms with Gasteiger partial charge in [-0.1, -0.05) is 48.0 Å². The molecule has 0 spiro atoms. The minimum atomic E-state index is -0.379. The number of nitrogens with zero attached hydrogens (tertiary/aromatic N) is 2. The van der Waals surface area contributed by atoms with E-state index in [1.165, 1.54) is 4.90 Å². The Labute approximate surface area is 201 Å². The molecule has 168 valence electrons. The smallest absolute Gasteiger partial charge is 0.260 e. The maximum atomic E-state index is 12.8. The van der Waals surface area contributed by atoms with Gasteiger partial charge < -0.3 is 4.74 Å². The topological polar surface area (TPSA) is 71.0 Å². The molecule has 2 amide bonds. The van der Waals surface area contributed by atoms with Crippen LogP contribution in [0, 0.1) is 0 Å². The second-order valence-corrected chi connectivity index (χ2v) is 8.29. The van der Waals surface area contributed by atoms with E-state index in [2.05, 4.69) is 10.5 Å². The number of amides is 2. The van der Waals surface area contributed by atoms with Gasteiger partial charge in [0.2, 0.25) is 0 Å². The molecule has 5 rings (SSSR count). The molecule has 1 aliphatic heterocycles. The fraction of sp³-hybridized carbons (Fsp3) is 0.0741. The van der Waals surface area contributed by atoms with E-state index < -0.39 is 0 Å². The van der Waals surface area contributed by atoms with Crippen LogP contribution < -0.4 is 15.1 Å². The molecule has 4 aromatic carbocycles. The van der Waals surface area contributed by atoms with Crippen molar-refractivity contribution in [1.29, 1.82) is 0 Å². The maximum absolute atomic E-state index is 12.8. The van der Waals surface area contributed by atoms with Gasteiger partial charge in [-0.15, -0.1) is 0 Å². The van der Waals surface area contributed by atoms with Crippen molar-refractivity contribution in [2.75, 3.05) is 11.4 Å². The number of nitrogens with one attached hydrogen (secondary N) is 1. The Kier molecular flexibility index (Phi) is 5.97. The Morgan fingerprint density at radius 1 is 1.00 bits per heavy atom. The van der Waals surface area contributed by atoms with E-state index in [-0.39, 0.29) is 18.4 Å². The highest BCUT2D eigenvalue weighted by Gasteiger charge is 2.30. The quantitative estimate of drug-likeness (QED) is 0.299. The number of hydrazone groups is 1.